The Labute approximate surface area is 92.4 Å². The molecule has 2 atom stereocenters. The molecule has 0 radical (unpaired) electrons. The molecule has 15 heavy (non-hydrogen) atoms. The van der Waals surface area contributed by atoms with Gasteiger partial charge in [0, 0.05) is 11.6 Å². The molecule has 2 N–H and O–H groups in total. The third-order valence-electron chi connectivity index (χ3n) is 2.56. The third-order valence-corrected chi connectivity index (χ3v) is 2.56. The fourth-order valence-corrected chi connectivity index (χ4v) is 1.43. The summed E-state index contributed by atoms with van der Waals surface area (Å²) in [4.78, 5) is 0. The fraction of sp³-hybridized carbons (Fsp3) is 0.538. The summed E-state index contributed by atoms with van der Waals surface area (Å²) >= 11 is 0. The monoisotopic (exact) mass is 207 g/mol. The molecule has 0 saturated carbocycles. The maximum absolute atomic E-state index is 5.92. The summed E-state index contributed by atoms with van der Waals surface area (Å²) in [6.45, 7) is 8.24. The van der Waals surface area contributed by atoms with Gasteiger partial charge in [-0.25, -0.2) is 0 Å². The van der Waals surface area contributed by atoms with Gasteiger partial charge in [-0.05, 0) is 33.3 Å². The average molecular weight is 207 g/mol. The molecule has 0 heterocycles. The Balaban J connectivity index is 2.95. The van der Waals surface area contributed by atoms with Gasteiger partial charge >= 0.3 is 0 Å². The molecule has 0 fully saturated rings. The maximum atomic E-state index is 5.92. The molecular weight excluding hydrogens is 186 g/mol. The van der Waals surface area contributed by atoms with Gasteiger partial charge in [-0.1, -0.05) is 24.6 Å². The summed E-state index contributed by atoms with van der Waals surface area (Å²) in [6, 6.07) is 6.19. The zero-order valence-electron chi connectivity index (χ0n) is 10.1. The SMILES string of the molecule is CCC(C)Oc1ccc(C)cc1[C@H](C)N. The maximum Gasteiger partial charge on any atom is 0.124 e. The molecule has 1 aromatic rings. The summed E-state index contributed by atoms with van der Waals surface area (Å²) in [5.74, 6) is 0.921. The van der Waals surface area contributed by atoms with Gasteiger partial charge in [0.1, 0.15) is 5.75 Å². The lowest BCUT2D eigenvalue weighted by molar-refractivity contribution is 0.214. The first-order chi connectivity index (χ1) is 7.04. The molecular formula is C13H21NO. The van der Waals surface area contributed by atoms with Crippen LogP contribution in [0.2, 0.25) is 0 Å². The molecule has 0 amide bonds. The highest BCUT2D eigenvalue weighted by molar-refractivity contribution is 5.38. The minimum Gasteiger partial charge on any atom is -0.490 e. The smallest absolute Gasteiger partial charge is 0.124 e. The predicted octanol–water partition coefficient (Wildman–Crippen LogP) is 3.19. The van der Waals surface area contributed by atoms with E-state index < -0.39 is 0 Å². The van der Waals surface area contributed by atoms with Crippen molar-refractivity contribution in [3.05, 3.63) is 29.3 Å². The first kappa shape index (κ1) is 12.1. The lowest BCUT2D eigenvalue weighted by Crippen LogP contribution is -2.14. The number of nitrogens with two attached hydrogens (primary N) is 1. The van der Waals surface area contributed by atoms with E-state index in [1.54, 1.807) is 0 Å². The van der Waals surface area contributed by atoms with E-state index in [2.05, 4.69) is 32.9 Å². The average Bonchev–Trinajstić information content (AvgIpc) is 2.20. The Bertz CT molecular complexity index is 320. The normalized spacial score (nSPS) is 14.7. The van der Waals surface area contributed by atoms with E-state index in [0.29, 0.717) is 0 Å². The zero-order chi connectivity index (χ0) is 11.4. The molecule has 0 aromatic heterocycles. The number of benzene rings is 1. The van der Waals surface area contributed by atoms with E-state index in [1.165, 1.54) is 5.56 Å². The Morgan fingerprint density at radius 3 is 2.53 bits per heavy atom. The van der Waals surface area contributed by atoms with E-state index >= 15 is 0 Å². The van der Waals surface area contributed by atoms with Gasteiger partial charge in [-0.15, -0.1) is 0 Å². The van der Waals surface area contributed by atoms with Crippen molar-refractivity contribution in [1.29, 1.82) is 0 Å². The van der Waals surface area contributed by atoms with Crippen LogP contribution < -0.4 is 10.5 Å². The second kappa shape index (κ2) is 5.17. The van der Waals surface area contributed by atoms with E-state index in [-0.39, 0.29) is 12.1 Å². The van der Waals surface area contributed by atoms with Gasteiger partial charge in [-0.2, -0.15) is 0 Å². The van der Waals surface area contributed by atoms with Crippen molar-refractivity contribution in [2.24, 2.45) is 5.73 Å². The Morgan fingerprint density at radius 2 is 2.00 bits per heavy atom. The summed E-state index contributed by atoms with van der Waals surface area (Å²) in [5, 5.41) is 0. The number of rotatable bonds is 4. The van der Waals surface area contributed by atoms with E-state index in [4.69, 9.17) is 10.5 Å². The zero-order valence-corrected chi connectivity index (χ0v) is 10.1. The van der Waals surface area contributed by atoms with Crippen LogP contribution in [0.4, 0.5) is 0 Å². The highest BCUT2D eigenvalue weighted by atomic mass is 16.5. The number of hydrogen-bond acceptors (Lipinski definition) is 2. The molecule has 1 aromatic carbocycles. The van der Waals surface area contributed by atoms with Crippen LogP contribution in [-0.2, 0) is 0 Å². The number of ether oxygens (including phenoxy) is 1. The van der Waals surface area contributed by atoms with Crippen LogP contribution in [0.15, 0.2) is 18.2 Å². The summed E-state index contributed by atoms with van der Waals surface area (Å²) in [7, 11) is 0. The predicted molar refractivity (Wildman–Crippen MR) is 64.2 cm³/mol. The second-order valence-electron chi connectivity index (χ2n) is 4.17. The quantitative estimate of drug-likeness (QED) is 0.823. The lowest BCUT2D eigenvalue weighted by atomic mass is 10.1. The molecule has 0 bridgehead atoms. The van der Waals surface area contributed by atoms with Crippen molar-refractivity contribution < 1.29 is 4.74 Å². The minimum atomic E-state index is 0.0176. The van der Waals surface area contributed by atoms with Crippen molar-refractivity contribution in [1.82, 2.24) is 0 Å². The van der Waals surface area contributed by atoms with Crippen molar-refractivity contribution in [3.8, 4) is 5.75 Å². The van der Waals surface area contributed by atoms with Crippen molar-refractivity contribution in [2.45, 2.75) is 46.3 Å². The van der Waals surface area contributed by atoms with E-state index in [9.17, 15) is 0 Å². The van der Waals surface area contributed by atoms with E-state index in [1.807, 2.05) is 13.0 Å². The number of hydrogen-bond donors (Lipinski definition) is 1. The second-order valence-corrected chi connectivity index (χ2v) is 4.17. The van der Waals surface area contributed by atoms with Gasteiger partial charge in [-0.3, -0.25) is 0 Å². The molecule has 0 aliphatic carbocycles. The van der Waals surface area contributed by atoms with Gasteiger partial charge in [0.15, 0.2) is 0 Å². The van der Waals surface area contributed by atoms with Gasteiger partial charge in [0.05, 0.1) is 6.10 Å². The molecule has 1 rings (SSSR count). The van der Waals surface area contributed by atoms with Crippen molar-refractivity contribution in [3.63, 3.8) is 0 Å². The van der Waals surface area contributed by atoms with Gasteiger partial charge in [0.2, 0.25) is 0 Å². The van der Waals surface area contributed by atoms with Gasteiger partial charge in [0.25, 0.3) is 0 Å². The first-order valence-corrected chi connectivity index (χ1v) is 5.57. The first-order valence-electron chi connectivity index (χ1n) is 5.57. The third kappa shape index (κ3) is 3.24. The summed E-state index contributed by atoms with van der Waals surface area (Å²) < 4.78 is 5.83. The Morgan fingerprint density at radius 1 is 1.33 bits per heavy atom. The minimum absolute atomic E-state index is 0.0176. The molecule has 0 aliphatic rings. The van der Waals surface area contributed by atoms with Crippen LogP contribution >= 0.6 is 0 Å². The summed E-state index contributed by atoms with van der Waals surface area (Å²) in [6.07, 6.45) is 1.25. The Kier molecular flexibility index (Phi) is 4.15. The summed E-state index contributed by atoms with van der Waals surface area (Å²) in [5.41, 5.74) is 8.23. The van der Waals surface area contributed by atoms with E-state index in [0.717, 1.165) is 17.7 Å². The molecule has 0 spiro atoms. The van der Waals surface area contributed by atoms with Crippen LogP contribution in [0.5, 0.6) is 5.75 Å². The largest absolute Gasteiger partial charge is 0.490 e. The van der Waals surface area contributed by atoms with Crippen LogP contribution in [0, 0.1) is 6.92 Å². The molecule has 0 saturated heterocycles. The van der Waals surface area contributed by atoms with Crippen LogP contribution in [0.3, 0.4) is 0 Å². The molecule has 84 valence electrons. The van der Waals surface area contributed by atoms with Gasteiger partial charge < -0.3 is 10.5 Å². The standard InChI is InChI=1S/C13H21NO/c1-5-10(3)15-13-7-6-9(2)8-12(13)11(4)14/h6-8,10-11H,5,14H2,1-4H3/t10?,11-/m0/s1. The van der Waals surface area contributed by atoms with Crippen molar-refractivity contribution in [2.75, 3.05) is 0 Å². The van der Waals surface area contributed by atoms with Crippen LogP contribution in [0.1, 0.15) is 44.4 Å². The molecule has 2 nitrogen and oxygen atoms in total. The molecule has 2 heteroatoms. The highest BCUT2D eigenvalue weighted by Gasteiger charge is 2.10. The fourth-order valence-electron chi connectivity index (χ4n) is 1.43. The molecule has 0 aliphatic heterocycles. The Hall–Kier alpha value is -1.02. The molecule has 1 unspecified atom stereocenters. The van der Waals surface area contributed by atoms with Crippen molar-refractivity contribution >= 4 is 0 Å². The number of aryl methyl sites for hydroxylation is 1. The lowest BCUT2D eigenvalue weighted by Gasteiger charge is -2.18. The highest BCUT2D eigenvalue weighted by Crippen LogP contribution is 2.26. The van der Waals surface area contributed by atoms with Crippen LogP contribution in [0.25, 0.3) is 0 Å². The topological polar surface area (TPSA) is 35.2 Å². The van der Waals surface area contributed by atoms with Crippen LogP contribution in [-0.4, -0.2) is 6.10 Å².